The van der Waals surface area contributed by atoms with Gasteiger partial charge in [-0.2, -0.15) is 26.3 Å². The molecule has 0 spiro atoms. The first kappa shape index (κ1) is 27.6. The number of carboxylic acids is 1. The zero-order valence-electron chi connectivity index (χ0n) is 21.0. The number of hydrogen-bond donors (Lipinski definition) is 1. The van der Waals surface area contributed by atoms with Crippen molar-refractivity contribution in [3.63, 3.8) is 0 Å². The molecule has 3 aliphatic rings. The van der Waals surface area contributed by atoms with Crippen LogP contribution in [0.2, 0.25) is 0 Å². The third-order valence-electron chi connectivity index (χ3n) is 8.50. The van der Waals surface area contributed by atoms with E-state index in [1.807, 2.05) is 0 Å². The highest BCUT2D eigenvalue weighted by atomic mass is 19.4. The third-order valence-corrected chi connectivity index (χ3v) is 8.50. The Kier molecular flexibility index (Phi) is 7.22. The molecule has 5 nitrogen and oxygen atoms in total. The molecular weight excluding hydrogens is 528 g/mol. The van der Waals surface area contributed by atoms with E-state index < -0.39 is 53.5 Å². The lowest BCUT2D eigenvalue weighted by Gasteiger charge is -2.48. The second kappa shape index (κ2) is 10.2. The highest BCUT2D eigenvalue weighted by molar-refractivity contribution is 6.00. The summed E-state index contributed by atoms with van der Waals surface area (Å²) in [5, 5.41) is 9.51. The summed E-state index contributed by atoms with van der Waals surface area (Å²) in [5.74, 6) is -3.83. The second-order valence-corrected chi connectivity index (χ2v) is 11.0. The first-order valence-electron chi connectivity index (χ1n) is 13.3. The van der Waals surface area contributed by atoms with E-state index in [9.17, 15) is 41.0 Å². The van der Waals surface area contributed by atoms with Crippen molar-refractivity contribution in [1.29, 1.82) is 0 Å². The van der Waals surface area contributed by atoms with Crippen molar-refractivity contribution >= 4 is 22.6 Å². The van der Waals surface area contributed by atoms with Crippen molar-refractivity contribution in [2.75, 3.05) is 0 Å². The summed E-state index contributed by atoms with van der Waals surface area (Å²) in [7, 11) is 0. The number of benzene rings is 2. The Morgan fingerprint density at radius 1 is 0.872 bits per heavy atom. The molecule has 212 valence electrons. The summed E-state index contributed by atoms with van der Waals surface area (Å²) in [5.41, 5.74) is -0.987. The fraction of sp³-hybridized carbons (Fsp3) is 0.571. The monoisotopic (exact) mass is 557 g/mol. The van der Waals surface area contributed by atoms with Crippen LogP contribution in [-0.4, -0.2) is 46.2 Å². The minimum atomic E-state index is -4.84. The number of rotatable bonds is 4. The summed E-state index contributed by atoms with van der Waals surface area (Å²) in [6.45, 7) is 0. The number of carbonyl (C=O) groups is 2. The van der Waals surface area contributed by atoms with Gasteiger partial charge in [-0.25, -0.2) is 0 Å². The van der Waals surface area contributed by atoms with Gasteiger partial charge in [0.1, 0.15) is 11.3 Å². The Labute approximate surface area is 221 Å². The van der Waals surface area contributed by atoms with E-state index in [2.05, 4.69) is 0 Å². The molecule has 1 amide bonds. The van der Waals surface area contributed by atoms with Gasteiger partial charge in [0.15, 0.2) is 0 Å². The Bertz CT molecular complexity index is 1240. The molecule has 1 aliphatic carbocycles. The maximum Gasteiger partial charge on any atom is 0.420 e. The minimum Gasteiger partial charge on any atom is -0.490 e. The van der Waals surface area contributed by atoms with Crippen molar-refractivity contribution in [3.8, 4) is 5.75 Å². The lowest BCUT2D eigenvalue weighted by atomic mass is 9.78. The van der Waals surface area contributed by atoms with Crippen molar-refractivity contribution in [2.24, 2.45) is 11.8 Å². The first-order valence-corrected chi connectivity index (χ1v) is 13.3. The van der Waals surface area contributed by atoms with Gasteiger partial charge in [0.05, 0.1) is 17.9 Å². The van der Waals surface area contributed by atoms with Gasteiger partial charge in [-0.3, -0.25) is 9.59 Å². The summed E-state index contributed by atoms with van der Waals surface area (Å²) in [6.07, 6.45) is -7.61. The average Bonchev–Trinajstić information content (AvgIpc) is 2.86. The molecule has 2 atom stereocenters. The molecule has 5 rings (SSSR count). The van der Waals surface area contributed by atoms with Crippen molar-refractivity contribution in [3.05, 3.63) is 41.5 Å². The number of ether oxygens (including phenoxy) is 1. The van der Waals surface area contributed by atoms with Gasteiger partial charge < -0.3 is 14.7 Å². The van der Waals surface area contributed by atoms with Crippen LogP contribution in [0, 0.1) is 11.8 Å². The molecular formula is C28H29F6NO4. The molecule has 2 aliphatic heterocycles. The number of nitrogens with zero attached hydrogens (tertiary/aromatic N) is 1. The quantitative estimate of drug-likeness (QED) is 0.403. The van der Waals surface area contributed by atoms with Crippen molar-refractivity contribution in [1.82, 2.24) is 4.90 Å². The topological polar surface area (TPSA) is 66.8 Å². The number of hydrogen-bond acceptors (Lipinski definition) is 3. The molecule has 1 N–H and O–H groups in total. The van der Waals surface area contributed by atoms with Crippen LogP contribution in [0.25, 0.3) is 10.8 Å². The number of aliphatic carboxylic acids is 1. The molecule has 2 aromatic rings. The number of fused-ring (bicyclic) bond motifs is 3. The Balaban J connectivity index is 1.44. The van der Waals surface area contributed by atoms with Crippen molar-refractivity contribution in [2.45, 2.75) is 88.3 Å². The van der Waals surface area contributed by atoms with Crippen molar-refractivity contribution < 1.29 is 45.8 Å². The van der Waals surface area contributed by atoms with E-state index in [0.29, 0.717) is 25.7 Å². The van der Waals surface area contributed by atoms with E-state index in [-0.39, 0.29) is 54.1 Å². The maximum atomic E-state index is 14.4. The average molecular weight is 558 g/mol. The van der Waals surface area contributed by atoms with Gasteiger partial charge in [-0.1, -0.05) is 12.1 Å². The van der Waals surface area contributed by atoms with Crippen LogP contribution >= 0.6 is 0 Å². The normalized spacial score (nSPS) is 27.8. The molecule has 0 aromatic heterocycles. The van der Waals surface area contributed by atoms with E-state index in [1.54, 1.807) is 4.90 Å². The Morgan fingerprint density at radius 2 is 1.49 bits per heavy atom. The summed E-state index contributed by atoms with van der Waals surface area (Å²) in [6, 6.07) is 6.17. The first-order chi connectivity index (χ1) is 18.3. The Hall–Kier alpha value is -2.98. The number of carboxylic acid groups (broad SMARTS) is 1. The van der Waals surface area contributed by atoms with Gasteiger partial charge in [0.25, 0.3) is 5.91 Å². The van der Waals surface area contributed by atoms with Crippen LogP contribution in [0.4, 0.5) is 26.3 Å². The van der Waals surface area contributed by atoms with Crippen LogP contribution in [0.3, 0.4) is 0 Å². The fourth-order valence-electron chi connectivity index (χ4n) is 6.57. The van der Waals surface area contributed by atoms with Crippen LogP contribution in [0.1, 0.15) is 73.7 Å². The molecule has 2 heterocycles. The van der Waals surface area contributed by atoms with Crippen LogP contribution in [0.15, 0.2) is 30.3 Å². The zero-order valence-corrected chi connectivity index (χ0v) is 21.0. The van der Waals surface area contributed by atoms with E-state index in [1.165, 1.54) is 30.3 Å². The number of amides is 1. The van der Waals surface area contributed by atoms with Gasteiger partial charge in [0.2, 0.25) is 0 Å². The standard InChI is InChI=1S/C28H29F6NO4/c29-27(30,31)18-7-9-21(10-8-18)39-23-11-6-15-4-5-16(14-22(15)24(23)28(32,33)34)25(36)35-19-2-1-3-20(35)13-17(12-19)26(37)38/h4-6,11,14,17-21H,1-3,7-10,12-13H2,(H,37,38)/t17?,18-,19?,20?,21+. The van der Waals surface area contributed by atoms with Gasteiger partial charge in [0, 0.05) is 17.6 Å². The number of piperidine rings is 2. The van der Waals surface area contributed by atoms with E-state index in [4.69, 9.17) is 4.74 Å². The van der Waals surface area contributed by atoms with E-state index in [0.717, 1.165) is 6.42 Å². The third kappa shape index (κ3) is 5.54. The molecule has 2 unspecified atom stereocenters. The summed E-state index contributed by atoms with van der Waals surface area (Å²) in [4.78, 5) is 26.8. The predicted molar refractivity (Wildman–Crippen MR) is 129 cm³/mol. The molecule has 2 bridgehead atoms. The second-order valence-electron chi connectivity index (χ2n) is 11.0. The van der Waals surface area contributed by atoms with Gasteiger partial charge in [-0.05, 0) is 86.8 Å². The van der Waals surface area contributed by atoms with Gasteiger partial charge in [-0.15, -0.1) is 0 Å². The SMILES string of the molecule is O=C(O)C1CC2CCCC(C1)N2C(=O)c1ccc2ccc(O[C@H]3CC[C@@H](C(F)(F)F)CC3)c(C(F)(F)F)c2c1. The summed E-state index contributed by atoms with van der Waals surface area (Å²) >= 11 is 0. The van der Waals surface area contributed by atoms with Crippen LogP contribution < -0.4 is 4.74 Å². The molecule has 0 radical (unpaired) electrons. The number of alkyl halides is 6. The molecule has 39 heavy (non-hydrogen) atoms. The van der Waals surface area contributed by atoms with Crippen LogP contribution in [0.5, 0.6) is 5.75 Å². The summed E-state index contributed by atoms with van der Waals surface area (Å²) < 4.78 is 87.8. The number of carbonyl (C=O) groups excluding carboxylic acids is 1. The molecule has 11 heteroatoms. The predicted octanol–water partition coefficient (Wildman–Crippen LogP) is 7.22. The maximum absolute atomic E-state index is 14.4. The van der Waals surface area contributed by atoms with Crippen LogP contribution in [-0.2, 0) is 11.0 Å². The molecule has 1 saturated carbocycles. The zero-order chi connectivity index (χ0) is 28.1. The highest BCUT2D eigenvalue weighted by Gasteiger charge is 2.45. The largest absolute Gasteiger partial charge is 0.490 e. The van der Waals surface area contributed by atoms with E-state index >= 15 is 0 Å². The minimum absolute atomic E-state index is 0.00683. The lowest BCUT2D eigenvalue weighted by molar-refractivity contribution is -0.185. The molecule has 2 aromatic carbocycles. The molecule has 3 fully saturated rings. The number of halogens is 6. The fourth-order valence-corrected chi connectivity index (χ4v) is 6.57. The van der Waals surface area contributed by atoms with Gasteiger partial charge >= 0.3 is 18.3 Å². The Morgan fingerprint density at radius 3 is 2.05 bits per heavy atom. The highest BCUT2D eigenvalue weighted by Crippen LogP contribution is 2.45. The lowest BCUT2D eigenvalue weighted by Crippen LogP contribution is -2.55. The molecule has 2 saturated heterocycles. The smallest absolute Gasteiger partial charge is 0.420 e.